The summed E-state index contributed by atoms with van der Waals surface area (Å²) in [5, 5.41) is 13.5. The minimum atomic E-state index is -4.57. The molecule has 0 bridgehead atoms. The molecule has 1 heterocycles. The largest absolute Gasteiger partial charge is 0.406 e. The number of alkyl halides is 3. The molecule has 0 saturated carbocycles. The fourth-order valence-electron chi connectivity index (χ4n) is 2.33. The van der Waals surface area contributed by atoms with Crippen molar-refractivity contribution in [2.24, 2.45) is 5.10 Å². The number of rotatable bonds is 4. The van der Waals surface area contributed by atoms with Gasteiger partial charge in [-0.25, -0.2) is 5.01 Å². The summed E-state index contributed by atoms with van der Waals surface area (Å²) in [5.74, 6) is -1.16. The molecule has 0 atom stereocenters. The van der Waals surface area contributed by atoms with Gasteiger partial charge in [0.2, 0.25) is 5.91 Å². The van der Waals surface area contributed by atoms with Crippen LogP contribution in [0.5, 0.6) is 0 Å². The van der Waals surface area contributed by atoms with Gasteiger partial charge in [0.15, 0.2) is 0 Å². The fourth-order valence-corrected chi connectivity index (χ4v) is 2.33. The average Bonchev–Trinajstić information content (AvgIpc) is 2.55. The second kappa shape index (κ2) is 7.34. The first-order chi connectivity index (χ1) is 11.7. The van der Waals surface area contributed by atoms with Crippen molar-refractivity contribution in [2.45, 2.75) is 25.6 Å². The van der Waals surface area contributed by atoms with E-state index in [2.05, 4.69) is 5.10 Å². The van der Waals surface area contributed by atoms with Crippen LogP contribution >= 0.6 is 0 Å². The maximum atomic E-state index is 12.9. The zero-order chi connectivity index (χ0) is 18.6. The molecule has 0 saturated heterocycles. The fraction of sp³-hybridized carbons (Fsp3) is 0.375. The van der Waals surface area contributed by atoms with Gasteiger partial charge in [-0.3, -0.25) is 9.59 Å². The molecule has 1 aliphatic rings. The quantitative estimate of drug-likeness (QED) is 0.832. The lowest BCUT2D eigenvalue weighted by molar-refractivity contribution is -0.158. The standard InChI is InChI=1S/C16H15F3N4O2/c1-22-14(24)7-6-13(21-22)15(25)23(10-16(17,18)19)9-12-4-2-11(8-20)3-5-12/h2-5H,6-7,9-10H2,1H3. The summed E-state index contributed by atoms with van der Waals surface area (Å²) in [6.07, 6.45) is -4.54. The summed E-state index contributed by atoms with van der Waals surface area (Å²) in [5.41, 5.74) is 0.742. The van der Waals surface area contributed by atoms with Crippen molar-refractivity contribution in [1.82, 2.24) is 9.91 Å². The highest BCUT2D eigenvalue weighted by Gasteiger charge is 2.35. The third kappa shape index (κ3) is 5.04. The smallest absolute Gasteiger partial charge is 0.324 e. The Morgan fingerprint density at radius 1 is 1.32 bits per heavy atom. The Morgan fingerprint density at radius 3 is 2.48 bits per heavy atom. The summed E-state index contributed by atoms with van der Waals surface area (Å²) in [6.45, 7) is -1.71. The molecule has 2 rings (SSSR count). The van der Waals surface area contributed by atoms with Crippen LogP contribution in [0.4, 0.5) is 13.2 Å². The first kappa shape index (κ1) is 18.4. The first-order valence-corrected chi connectivity index (χ1v) is 7.38. The van der Waals surface area contributed by atoms with Crippen LogP contribution in [-0.4, -0.2) is 47.2 Å². The molecule has 0 spiro atoms. The van der Waals surface area contributed by atoms with E-state index in [-0.39, 0.29) is 31.0 Å². The normalized spacial score (nSPS) is 14.8. The van der Waals surface area contributed by atoms with E-state index in [0.29, 0.717) is 16.0 Å². The van der Waals surface area contributed by atoms with Gasteiger partial charge in [0.25, 0.3) is 5.91 Å². The van der Waals surface area contributed by atoms with Gasteiger partial charge in [-0.05, 0) is 17.7 Å². The Bertz CT molecular complexity index is 735. The summed E-state index contributed by atoms with van der Waals surface area (Å²) in [7, 11) is 1.35. The van der Waals surface area contributed by atoms with Gasteiger partial charge in [0.1, 0.15) is 12.3 Å². The summed E-state index contributed by atoms with van der Waals surface area (Å²) in [4.78, 5) is 24.5. The Morgan fingerprint density at radius 2 is 1.96 bits per heavy atom. The second-order valence-corrected chi connectivity index (χ2v) is 5.55. The van der Waals surface area contributed by atoms with Crippen LogP contribution in [0.2, 0.25) is 0 Å². The molecule has 2 amide bonds. The molecule has 132 valence electrons. The van der Waals surface area contributed by atoms with Crippen molar-refractivity contribution in [3.63, 3.8) is 0 Å². The topological polar surface area (TPSA) is 76.8 Å². The molecule has 1 aromatic rings. The highest BCUT2D eigenvalue weighted by atomic mass is 19.4. The first-order valence-electron chi connectivity index (χ1n) is 7.38. The molecule has 0 aliphatic carbocycles. The lowest BCUT2D eigenvalue weighted by Gasteiger charge is -2.27. The van der Waals surface area contributed by atoms with Crippen LogP contribution in [0.15, 0.2) is 29.4 Å². The molecule has 9 heteroatoms. The minimum Gasteiger partial charge on any atom is -0.324 e. The zero-order valence-electron chi connectivity index (χ0n) is 13.4. The molecule has 1 aromatic carbocycles. The maximum absolute atomic E-state index is 12.9. The number of hydrogen-bond donors (Lipinski definition) is 0. The number of carbonyl (C=O) groups is 2. The van der Waals surface area contributed by atoms with Gasteiger partial charge in [-0.1, -0.05) is 12.1 Å². The SMILES string of the molecule is CN1N=C(C(=O)N(Cc2ccc(C#N)cc2)CC(F)(F)F)CCC1=O. The van der Waals surface area contributed by atoms with Gasteiger partial charge in [0, 0.05) is 26.4 Å². The van der Waals surface area contributed by atoms with E-state index in [4.69, 9.17) is 5.26 Å². The number of amides is 2. The zero-order valence-corrected chi connectivity index (χ0v) is 13.4. The predicted molar refractivity (Wildman–Crippen MR) is 82.1 cm³/mol. The van der Waals surface area contributed by atoms with Crippen molar-refractivity contribution in [1.29, 1.82) is 5.26 Å². The van der Waals surface area contributed by atoms with Crippen LogP contribution in [0.3, 0.4) is 0 Å². The minimum absolute atomic E-state index is 0.00370. The van der Waals surface area contributed by atoms with E-state index in [1.54, 1.807) is 0 Å². The lowest BCUT2D eigenvalue weighted by atomic mass is 10.1. The number of hydrazone groups is 1. The summed E-state index contributed by atoms with van der Waals surface area (Å²) >= 11 is 0. The predicted octanol–water partition coefficient (Wildman–Crippen LogP) is 2.06. The van der Waals surface area contributed by atoms with E-state index < -0.39 is 18.6 Å². The highest BCUT2D eigenvalue weighted by molar-refractivity contribution is 6.39. The van der Waals surface area contributed by atoms with E-state index in [0.717, 1.165) is 5.01 Å². The molecule has 0 unspecified atom stereocenters. The van der Waals surface area contributed by atoms with Crippen molar-refractivity contribution in [3.05, 3.63) is 35.4 Å². The molecule has 6 nitrogen and oxygen atoms in total. The average molecular weight is 352 g/mol. The van der Waals surface area contributed by atoms with Crippen molar-refractivity contribution >= 4 is 17.5 Å². The van der Waals surface area contributed by atoms with Gasteiger partial charge >= 0.3 is 6.18 Å². The van der Waals surface area contributed by atoms with Gasteiger partial charge < -0.3 is 4.90 Å². The molecule has 25 heavy (non-hydrogen) atoms. The maximum Gasteiger partial charge on any atom is 0.406 e. The highest BCUT2D eigenvalue weighted by Crippen LogP contribution is 2.20. The summed E-state index contributed by atoms with van der Waals surface area (Å²) < 4.78 is 38.6. The molecule has 0 aromatic heterocycles. The van der Waals surface area contributed by atoms with Crippen LogP contribution in [0.1, 0.15) is 24.0 Å². The number of carbonyl (C=O) groups excluding carboxylic acids is 2. The van der Waals surface area contributed by atoms with Crippen LogP contribution in [0.25, 0.3) is 0 Å². The van der Waals surface area contributed by atoms with Crippen molar-refractivity contribution < 1.29 is 22.8 Å². The van der Waals surface area contributed by atoms with Gasteiger partial charge in [0.05, 0.1) is 11.6 Å². The van der Waals surface area contributed by atoms with Crippen LogP contribution < -0.4 is 0 Å². The third-order valence-electron chi connectivity index (χ3n) is 3.57. The number of nitriles is 1. The Labute approximate surface area is 142 Å². The number of halogens is 3. The number of nitrogens with zero attached hydrogens (tertiary/aromatic N) is 4. The van der Waals surface area contributed by atoms with E-state index in [1.165, 1.54) is 31.3 Å². The molecule has 1 aliphatic heterocycles. The van der Waals surface area contributed by atoms with Crippen molar-refractivity contribution in [2.75, 3.05) is 13.6 Å². The molecule has 0 fully saturated rings. The molecular weight excluding hydrogens is 337 g/mol. The Balaban J connectivity index is 2.23. The molecule has 0 N–H and O–H groups in total. The van der Waals surface area contributed by atoms with Gasteiger partial charge in [-0.15, -0.1) is 0 Å². The van der Waals surface area contributed by atoms with Crippen molar-refractivity contribution in [3.8, 4) is 6.07 Å². The van der Waals surface area contributed by atoms with Crippen LogP contribution in [-0.2, 0) is 16.1 Å². The number of hydrogen-bond acceptors (Lipinski definition) is 4. The van der Waals surface area contributed by atoms with E-state index >= 15 is 0 Å². The Hall–Kier alpha value is -2.89. The molecular formula is C16H15F3N4O2. The third-order valence-corrected chi connectivity index (χ3v) is 3.57. The van der Waals surface area contributed by atoms with Crippen LogP contribution in [0, 0.1) is 11.3 Å². The molecule has 0 radical (unpaired) electrons. The number of benzene rings is 1. The Kier molecular flexibility index (Phi) is 5.41. The monoisotopic (exact) mass is 352 g/mol. The van der Waals surface area contributed by atoms with Gasteiger partial charge in [-0.2, -0.15) is 23.5 Å². The summed E-state index contributed by atoms with van der Waals surface area (Å²) in [6, 6.07) is 7.84. The second-order valence-electron chi connectivity index (χ2n) is 5.55. The van der Waals surface area contributed by atoms with E-state index in [1.807, 2.05) is 6.07 Å². The van der Waals surface area contributed by atoms with E-state index in [9.17, 15) is 22.8 Å². The lowest BCUT2D eigenvalue weighted by Crippen LogP contribution is -2.44.